The van der Waals surface area contributed by atoms with Crippen molar-refractivity contribution in [3.63, 3.8) is 0 Å². The van der Waals surface area contributed by atoms with Gasteiger partial charge < -0.3 is 15.3 Å². The molecule has 0 aliphatic heterocycles. The van der Waals surface area contributed by atoms with E-state index in [0.717, 1.165) is 0 Å². The van der Waals surface area contributed by atoms with Crippen LogP contribution in [0.5, 0.6) is 15.9 Å². The highest BCUT2D eigenvalue weighted by Gasteiger charge is 2.12. The molecule has 0 aliphatic carbocycles. The summed E-state index contributed by atoms with van der Waals surface area (Å²) in [4.78, 5) is 0.0255. The van der Waals surface area contributed by atoms with Crippen LogP contribution >= 0.6 is 24.0 Å². The standard InChI is InChI=1S/C4H4O3S2/c5-1-2(8)4(7)9-3(1)6/h5-8H. The van der Waals surface area contributed by atoms with Crippen LogP contribution in [-0.2, 0) is 0 Å². The van der Waals surface area contributed by atoms with Gasteiger partial charge in [-0.15, -0.1) is 12.6 Å². The van der Waals surface area contributed by atoms with Crippen molar-refractivity contribution in [2.45, 2.75) is 4.90 Å². The van der Waals surface area contributed by atoms with Crippen LogP contribution < -0.4 is 0 Å². The first kappa shape index (κ1) is 6.57. The molecular formula is C4H4O3S2. The van der Waals surface area contributed by atoms with Gasteiger partial charge in [-0.25, -0.2) is 0 Å². The van der Waals surface area contributed by atoms with E-state index in [-0.39, 0.29) is 20.8 Å². The van der Waals surface area contributed by atoms with E-state index in [0.29, 0.717) is 11.3 Å². The Hall–Kier alpha value is -0.550. The van der Waals surface area contributed by atoms with Gasteiger partial charge in [0.2, 0.25) is 5.06 Å². The molecule has 1 aromatic heterocycles. The average molecular weight is 164 g/mol. The van der Waals surface area contributed by atoms with Crippen molar-refractivity contribution >= 4 is 24.0 Å². The van der Waals surface area contributed by atoms with Crippen LogP contribution in [0.3, 0.4) is 0 Å². The first-order chi connectivity index (χ1) is 4.13. The molecule has 1 rings (SSSR count). The molecule has 0 aliphatic rings. The van der Waals surface area contributed by atoms with Crippen LogP contribution in [0.4, 0.5) is 0 Å². The lowest BCUT2D eigenvalue weighted by molar-refractivity contribution is 0.403. The minimum Gasteiger partial charge on any atom is -0.503 e. The van der Waals surface area contributed by atoms with E-state index in [9.17, 15) is 0 Å². The Morgan fingerprint density at radius 2 is 1.67 bits per heavy atom. The summed E-state index contributed by atoms with van der Waals surface area (Å²) in [5.74, 6) is -0.360. The first-order valence-electron chi connectivity index (χ1n) is 2.05. The second-order valence-electron chi connectivity index (χ2n) is 1.41. The van der Waals surface area contributed by atoms with E-state index in [1.165, 1.54) is 0 Å². The summed E-state index contributed by atoms with van der Waals surface area (Å²) in [6, 6.07) is 0. The first-order valence-corrected chi connectivity index (χ1v) is 3.32. The number of thiol groups is 1. The van der Waals surface area contributed by atoms with E-state index >= 15 is 0 Å². The van der Waals surface area contributed by atoms with Crippen molar-refractivity contribution in [2.24, 2.45) is 0 Å². The summed E-state index contributed by atoms with van der Waals surface area (Å²) < 4.78 is 0. The molecule has 0 amide bonds. The van der Waals surface area contributed by atoms with Gasteiger partial charge in [-0.05, 0) is 0 Å². The number of aromatic hydroxyl groups is 3. The fraction of sp³-hybridized carbons (Fsp3) is 0. The van der Waals surface area contributed by atoms with E-state index in [1.54, 1.807) is 0 Å². The summed E-state index contributed by atoms with van der Waals surface area (Å²) in [6.07, 6.45) is 0. The molecule has 0 spiro atoms. The van der Waals surface area contributed by atoms with Gasteiger partial charge in [0.1, 0.15) is 4.90 Å². The molecule has 1 heterocycles. The predicted octanol–water partition coefficient (Wildman–Crippen LogP) is 1.15. The Morgan fingerprint density at radius 3 is 1.78 bits per heavy atom. The van der Waals surface area contributed by atoms with Crippen LogP contribution in [0.2, 0.25) is 0 Å². The Morgan fingerprint density at radius 1 is 1.11 bits per heavy atom. The minimum atomic E-state index is -0.360. The van der Waals surface area contributed by atoms with Crippen LogP contribution in [0.15, 0.2) is 4.90 Å². The topological polar surface area (TPSA) is 60.7 Å². The summed E-state index contributed by atoms with van der Waals surface area (Å²) in [5, 5.41) is 25.7. The molecule has 0 atom stereocenters. The van der Waals surface area contributed by atoms with E-state index in [1.807, 2.05) is 0 Å². The lowest BCUT2D eigenvalue weighted by atomic mass is 10.6. The van der Waals surface area contributed by atoms with Gasteiger partial charge in [0, 0.05) is 0 Å². The SMILES string of the molecule is Oc1sc(O)c(S)c1O. The summed E-state index contributed by atoms with van der Waals surface area (Å²) >= 11 is 4.36. The summed E-state index contributed by atoms with van der Waals surface area (Å²) in [7, 11) is 0. The van der Waals surface area contributed by atoms with Gasteiger partial charge in [-0.2, -0.15) is 0 Å². The molecule has 0 aromatic carbocycles. The van der Waals surface area contributed by atoms with Crippen molar-refractivity contribution in [1.29, 1.82) is 0 Å². The molecule has 3 nitrogen and oxygen atoms in total. The molecule has 5 heteroatoms. The smallest absolute Gasteiger partial charge is 0.219 e. The molecule has 0 bridgehead atoms. The van der Waals surface area contributed by atoms with E-state index < -0.39 is 0 Å². The molecule has 0 fully saturated rings. The fourth-order valence-corrected chi connectivity index (χ4v) is 1.28. The van der Waals surface area contributed by atoms with Gasteiger partial charge >= 0.3 is 0 Å². The normalized spacial score (nSPS) is 9.89. The Kier molecular flexibility index (Phi) is 1.46. The summed E-state index contributed by atoms with van der Waals surface area (Å²) in [5.41, 5.74) is 0. The second kappa shape index (κ2) is 2.00. The molecule has 3 N–H and O–H groups in total. The highest BCUT2D eigenvalue weighted by atomic mass is 32.1. The Labute approximate surface area is 60.6 Å². The van der Waals surface area contributed by atoms with Crippen molar-refractivity contribution in [1.82, 2.24) is 0 Å². The molecule has 0 saturated carbocycles. The van der Waals surface area contributed by atoms with Gasteiger partial charge in [0.25, 0.3) is 0 Å². The van der Waals surface area contributed by atoms with Crippen molar-refractivity contribution in [3.05, 3.63) is 0 Å². The number of hydrogen-bond acceptors (Lipinski definition) is 5. The maximum Gasteiger partial charge on any atom is 0.219 e. The maximum atomic E-state index is 8.75. The molecule has 50 valence electrons. The van der Waals surface area contributed by atoms with Crippen LogP contribution in [0.1, 0.15) is 0 Å². The Balaban J connectivity index is 3.29. The number of rotatable bonds is 0. The summed E-state index contributed by atoms with van der Waals surface area (Å²) in [6.45, 7) is 0. The third kappa shape index (κ3) is 0.927. The monoisotopic (exact) mass is 164 g/mol. The largest absolute Gasteiger partial charge is 0.503 e. The number of thiophene rings is 1. The fourth-order valence-electron chi connectivity index (χ4n) is 0.391. The van der Waals surface area contributed by atoms with Crippen molar-refractivity contribution < 1.29 is 15.3 Å². The van der Waals surface area contributed by atoms with Gasteiger partial charge in [0.05, 0.1) is 0 Å². The molecule has 1 aromatic rings. The zero-order chi connectivity index (χ0) is 7.02. The van der Waals surface area contributed by atoms with Crippen molar-refractivity contribution in [2.75, 3.05) is 0 Å². The quantitative estimate of drug-likeness (QED) is 0.435. The van der Waals surface area contributed by atoms with Crippen LogP contribution in [0.25, 0.3) is 0 Å². The third-order valence-corrected chi connectivity index (χ3v) is 2.18. The minimum absolute atomic E-state index is 0.0255. The maximum absolute atomic E-state index is 8.75. The predicted molar refractivity (Wildman–Crippen MR) is 36.6 cm³/mol. The Bertz CT molecular complexity index is 207. The van der Waals surface area contributed by atoms with Crippen molar-refractivity contribution in [3.8, 4) is 15.9 Å². The van der Waals surface area contributed by atoms with E-state index in [2.05, 4.69) is 12.6 Å². The molecule has 0 saturated heterocycles. The zero-order valence-corrected chi connectivity index (χ0v) is 5.91. The molecule has 0 unspecified atom stereocenters. The molecular weight excluding hydrogens is 160 g/mol. The third-order valence-electron chi connectivity index (χ3n) is 0.823. The molecule has 0 radical (unpaired) electrons. The lowest BCUT2D eigenvalue weighted by Crippen LogP contribution is -1.57. The number of hydrogen-bond donors (Lipinski definition) is 4. The highest BCUT2D eigenvalue weighted by molar-refractivity contribution is 7.80. The van der Waals surface area contributed by atoms with Gasteiger partial charge in [-0.1, -0.05) is 11.3 Å². The molecule has 9 heavy (non-hydrogen) atoms. The van der Waals surface area contributed by atoms with Gasteiger partial charge in [0.15, 0.2) is 10.8 Å². The van der Waals surface area contributed by atoms with Gasteiger partial charge in [-0.3, -0.25) is 0 Å². The van der Waals surface area contributed by atoms with Crippen LogP contribution in [0, 0.1) is 0 Å². The zero-order valence-electron chi connectivity index (χ0n) is 4.20. The van der Waals surface area contributed by atoms with Crippen LogP contribution in [-0.4, -0.2) is 15.3 Å². The average Bonchev–Trinajstić information content (AvgIpc) is 1.98. The lowest BCUT2D eigenvalue weighted by Gasteiger charge is -1.84. The van der Waals surface area contributed by atoms with E-state index in [4.69, 9.17) is 15.3 Å². The highest BCUT2D eigenvalue weighted by Crippen LogP contribution is 2.46. The second-order valence-corrected chi connectivity index (χ2v) is 2.83.